The molecule has 1 saturated heterocycles. The van der Waals surface area contributed by atoms with Crippen molar-refractivity contribution in [1.82, 2.24) is 28.6 Å². The lowest BCUT2D eigenvalue weighted by Crippen LogP contribution is -2.46. The maximum atomic E-state index is 13.5. The number of carbonyl (C=O) groups excluding carboxylic acids is 1. The number of pyridine rings is 1. The van der Waals surface area contributed by atoms with Crippen LogP contribution in [0.4, 0.5) is 20.3 Å². The number of anilines is 2. The van der Waals surface area contributed by atoms with E-state index in [-0.39, 0.29) is 11.2 Å². The lowest BCUT2D eigenvalue weighted by molar-refractivity contribution is -0.118. The first-order valence-electron chi connectivity index (χ1n) is 12.4. The summed E-state index contributed by atoms with van der Waals surface area (Å²) in [5.41, 5.74) is 0.826. The number of imidazole rings is 1. The molecule has 1 aliphatic rings. The standard InChI is InChI=1S/C26H28F2N8O3/c1-16(36-15-30-23-22(36)25(38)33(3)26(39)32(23)2)24(37)31-21-5-4-20(13-29-21)35-8-6-34(7-9-35)14-17-10-18(27)12-19(28)11-17/h4-5,10-13,15-16H,6-9,14H2,1-3H3,(H,29,31,37). The summed E-state index contributed by atoms with van der Waals surface area (Å²) >= 11 is 0. The van der Waals surface area contributed by atoms with Gasteiger partial charge in [-0.2, -0.15) is 0 Å². The zero-order valence-electron chi connectivity index (χ0n) is 21.8. The smallest absolute Gasteiger partial charge is 0.332 e. The van der Waals surface area contributed by atoms with Crippen LogP contribution in [0, 0.1) is 11.6 Å². The van der Waals surface area contributed by atoms with Gasteiger partial charge in [-0.05, 0) is 36.8 Å². The van der Waals surface area contributed by atoms with Crippen molar-refractivity contribution in [2.45, 2.75) is 19.5 Å². The van der Waals surface area contributed by atoms with Gasteiger partial charge in [0.1, 0.15) is 23.5 Å². The Hall–Kier alpha value is -4.39. The molecule has 11 nitrogen and oxygen atoms in total. The molecular weight excluding hydrogens is 510 g/mol. The molecule has 0 radical (unpaired) electrons. The number of halogens is 2. The number of benzene rings is 1. The van der Waals surface area contributed by atoms with E-state index in [4.69, 9.17) is 0 Å². The third-order valence-electron chi connectivity index (χ3n) is 7.04. The molecule has 3 aromatic heterocycles. The monoisotopic (exact) mass is 538 g/mol. The molecule has 1 N–H and O–H groups in total. The van der Waals surface area contributed by atoms with Crippen molar-refractivity contribution in [3.8, 4) is 0 Å². The molecule has 1 aromatic carbocycles. The van der Waals surface area contributed by atoms with E-state index in [1.165, 1.54) is 41.7 Å². The number of amides is 1. The average molecular weight is 539 g/mol. The van der Waals surface area contributed by atoms with Crippen molar-refractivity contribution in [2.75, 3.05) is 36.4 Å². The minimum atomic E-state index is -0.790. The number of aryl methyl sites for hydroxylation is 1. The lowest BCUT2D eigenvalue weighted by Gasteiger charge is -2.36. The van der Waals surface area contributed by atoms with E-state index in [9.17, 15) is 23.2 Å². The molecule has 1 fully saturated rings. The number of nitrogens with one attached hydrogen (secondary N) is 1. The third-order valence-corrected chi connectivity index (χ3v) is 7.04. The van der Waals surface area contributed by atoms with Crippen molar-refractivity contribution in [3.05, 3.63) is 80.9 Å². The van der Waals surface area contributed by atoms with Gasteiger partial charge in [0.25, 0.3) is 5.56 Å². The molecule has 4 aromatic rings. The van der Waals surface area contributed by atoms with Crippen LogP contribution >= 0.6 is 0 Å². The van der Waals surface area contributed by atoms with Crippen LogP contribution in [0.15, 0.2) is 52.4 Å². The van der Waals surface area contributed by atoms with E-state index < -0.39 is 34.8 Å². The minimum Gasteiger partial charge on any atom is -0.368 e. The second kappa shape index (κ2) is 10.4. The Morgan fingerprint density at radius 2 is 1.69 bits per heavy atom. The second-order valence-corrected chi connectivity index (χ2v) is 9.64. The Morgan fingerprint density at radius 3 is 2.33 bits per heavy atom. The molecule has 1 unspecified atom stereocenters. The van der Waals surface area contributed by atoms with E-state index in [1.54, 1.807) is 19.2 Å². The van der Waals surface area contributed by atoms with Gasteiger partial charge in [-0.1, -0.05) is 0 Å². The molecule has 39 heavy (non-hydrogen) atoms. The summed E-state index contributed by atoms with van der Waals surface area (Å²) in [6.07, 6.45) is 3.05. The van der Waals surface area contributed by atoms with Crippen molar-refractivity contribution >= 4 is 28.6 Å². The van der Waals surface area contributed by atoms with E-state index in [0.717, 1.165) is 29.4 Å². The van der Waals surface area contributed by atoms with E-state index in [0.29, 0.717) is 31.0 Å². The van der Waals surface area contributed by atoms with Gasteiger partial charge in [0.15, 0.2) is 11.2 Å². The summed E-state index contributed by atoms with van der Waals surface area (Å²) in [6, 6.07) is 6.35. The van der Waals surface area contributed by atoms with Crippen LogP contribution < -0.4 is 21.5 Å². The molecule has 1 atom stereocenters. The SMILES string of the molecule is CC(C(=O)Nc1ccc(N2CCN(Cc3cc(F)cc(F)c3)CC2)cn1)n1cnc2c1c(=O)n(C)c(=O)n2C. The Labute approximate surface area is 221 Å². The van der Waals surface area contributed by atoms with Crippen LogP contribution in [-0.4, -0.2) is 60.7 Å². The molecule has 5 rings (SSSR count). The lowest BCUT2D eigenvalue weighted by atomic mass is 10.2. The summed E-state index contributed by atoms with van der Waals surface area (Å²) in [5.74, 6) is -1.20. The van der Waals surface area contributed by atoms with Crippen LogP contribution in [0.2, 0.25) is 0 Å². The average Bonchev–Trinajstić information content (AvgIpc) is 3.36. The highest BCUT2D eigenvalue weighted by Gasteiger charge is 2.23. The maximum absolute atomic E-state index is 13.5. The fourth-order valence-electron chi connectivity index (χ4n) is 4.79. The molecule has 0 bridgehead atoms. The van der Waals surface area contributed by atoms with Crippen LogP contribution in [0.5, 0.6) is 0 Å². The minimum absolute atomic E-state index is 0.159. The molecule has 1 amide bonds. The van der Waals surface area contributed by atoms with Gasteiger partial charge in [0, 0.05) is 52.9 Å². The summed E-state index contributed by atoms with van der Waals surface area (Å²) < 4.78 is 30.7. The molecule has 13 heteroatoms. The summed E-state index contributed by atoms with van der Waals surface area (Å²) in [7, 11) is 2.89. The molecule has 204 valence electrons. The van der Waals surface area contributed by atoms with Crippen molar-refractivity contribution in [2.24, 2.45) is 14.1 Å². The topological polar surface area (TPSA) is 110 Å². The number of nitrogens with zero attached hydrogens (tertiary/aromatic N) is 7. The van der Waals surface area contributed by atoms with Gasteiger partial charge >= 0.3 is 5.69 Å². The Morgan fingerprint density at radius 1 is 1.00 bits per heavy atom. The fourth-order valence-corrected chi connectivity index (χ4v) is 4.79. The first-order chi connectivity index (χ1) is 18.6. The van der Waals surface area contributed by atoms with Gasteiger partial charge in [-0.25, -0.2) is 23.5 Å². The summed E-state index contributed by atoms with van der Waals surface area (Å²) in [5, 5.41) is 2.76. The normalized spacial score (nSPS) is 15.1. The van der Waals surface area contributed by atoms with Crippen LogP contribution in [0.25, 0.3) is 11.2 Å². The maximum Gasteiger partial charge on any atom is 0.332 e. The highest BCUT2D eigenvalue weighted by atomic mass is 19.1. The van der Waals surface area contributed by atoms with Crippen molar-refractivity contribution < 1.29 is 13.6 Å². The Balaban J connectivity index is 1.21. The largest absolute Gasteiger partial charge is 0.368 e. The van der Waals surface area contributed by atoms with E-state index >= 15 is 0 Å². The molecule has 4 heterocycles. The van der Waals surface area contributed by atoms with Gasteiger partial charge in [0.05, 0.1) is 18.2 Å². The fraction of sp³-hybridized carbons (Fsp3) is 0.346. The number of hydrogen-bond donors (Lipinski definition) is 1. The highest BCUT2D eigenvalue weighted by molar-refractivity contribution is 5.93. The summed E-state index contributed by atoms with van der Waals surface area (Å²) in [4.78, 5) is 50.7. The van der Waals surface area contributed by atoms with Gasteiger partial charge in [-0.3, -0.25) is 23.6 Å². The third kappa shape index (κ3) is 5.17. The van der Waals surface area contributed by atoms with Crippen LogP contribution in [0.3, 0.4) is 0 Å². The Bertz CT molecular complexity index is 1630. The second-order valence-electron chi connectivity index (χ2n) is 9.64. The zero-order valence-corrected chi connectivity index (χ0v) is 21.8. The number of fused-ring (bicyclic) bond motifs is 1. The Kier molecular flexibility index (Phi) is 7.00. The predicted octanol–water partition coefficient (Wildman–Crippen LogP) is 1.63. The number of rotatable bonds is 6. The van der Waals surface area contributed by atoms with E-state index in [1.807, 2.05) is 6.07 Å². The molecule has 0 saturated carbocycles. The molecular formula is C26H28F2N8O3. The van der Waals surface area contributed by atoms with Crippen LogP contribution in [-0.2, 0) is 25.4 Å². The molecule has 1 aliphatic heterocycles. The van der Waals surface area contributed by atoms with Crippen molar-refractivity contribution in [3.63, 3.8) is 0 Å². The van der Waals surface area contributed by atoms with Crippen LogP contribution in [0.1, 0.15) is 18.5 Å². The van der Waals surface area contributed by atoms with Gasteiger partial charge in [-0.15, -0.1) is 0 Å². The van der Waals surface area contributed by atoms with E-state index in [2.05, 4.69) is 25.1 Å². The summed E-state index contributed by atoms with van der Waals surface area (Å²) in [6.45, 7) is 4.97. The molecule has 0 spiro atoms. The number of piperazine rings is 1. The van der Waals surface area contributed by atoms with Crippen molar-refractivity contribution in [1.29, 1.82) is 0 Å². The number of hydrogen-bond acceptors (Lipinski definition) is 7. The quantitative estimate of drug-likeness (QED) is 0.397. The van der Waals surface area contributed by atoms with Gasteiger partial charge in [0.2, 0.25) is 5.91 Å². The molecule has 0 aliphatic carbocycles. The van der Waals surface area contributed by atoms with Gasteiger partial charge < -0.3 is 14.8 Å². The first kappa shape index (κ1) is 26.2. The number of carbonyl (C=O) groups is 1. The highest BCUT2D eigenvalue weighted by Crippen LogP contribution is 2.20. The zero-order chi connectivity index (χ0) is 27.8. The first-order valence-corrected chi connectivity index (χ1v) is 12.4. The predicted molar refractivity (Wildman–Crippen MR) is 142 cm³/mol. The number of aromatic nitrogens is 5.